The molecule has 1 rings (SSSR count). The van der Waals surface area contributed by atoms with E-state index in [1.807, 2.05) is 18.7 Å². The Labute approximate surface area is 139 Å². The minimum absolute atomic E-state index is 0. The van der Waals surface area contributed by atoms with Crippen LogP contribution in [-0.2, 0) is 13.5 Å². The molecule has 6 heteroatoms. The fourth-order valence-electron chi connectivity index (χ4n) is 1.99. The molecule has 5 nitrogen and oxygen atoms in total. The summed E-state index contributed by atoms with van der Waals surface area (Å²) in [7, 11) is 1.97. The number of guanidine groups is 1. The highest BCUT2D eigenvalue weighted by atomic mass is 127. The summed E-state index contributed by atoms with van der Waals surface area (Å²) in [4.78, 5) is 4.31. The number of halogens is 1. The Kier molecular flexibility index (Phi) is 8.84. The van der Waals surface area contributed by atoms with Crippen LogP contribution >= 0.6 is 24.0 Å². The largest absolute Gasteiger partial charge is 0.370 e. The van der Waals surface area contributed by atoms with Gasteiger partial charge in [-0.25, -0.2) is 0 Å². The zero-order chi connectivity index (χ0) is 14.4. The van der Waals surface area contributed by atoms with Gasteiger partial charge in [0.25, 0.3) is 0 Å². The van der Waals surface area contributed by atoms with Crippen LogP contribution in [0.1, 0.15) is 37.2 Å². The molecule has 1 heterocycles. The van der Waals surface area contributed by atoms with Crippen molar-refractivity contribution < 1.29 is 0 Å². The molecule has 20 heavy (non-hydrogen) atoms. The minimum Gasteiger partial charge on any atom is -0.370 e. The van der Waals surface area contributed by atoms with Gasteiger partial charge in [0, 0.05) is 25.8 Å². The van der Waals surface area contributed by atoms with Crippen LogP contribution in [0.2, 0.25) is 0 Å². The van der Waals surface area contributed by atoms with Gasteiger partial charge in [0.2, 0.25) is 0 Å². The summed E-state index contributed by atoms with van der Waals surface area (Å²) < 4.78 is 1.92. The number of aliphatic imine (C=N–C) groups is 1. The molecular formula is C14H28IN5. The summed E-state index contributed by atoms with van der Waals surface area (Å²) in [5.41, 5.74) is 9.43. The van der Waals surface area contributed by atoms with E-state index in [4.69, 9.17) is 5.73 Å². The van der Waals surface area contributed by atoms with Gasteiger partial charge in [0.05, 0.1) is 5.69 Å². The first-order valence-corrected chi connectivity index (χ1v) is 6.94. The zero-order valence-electron chi connectivity index (χ0n) is 13.2. The van der Waals surface area contributed by atoms with E-state index in [0.717, 1.165) is 31.6 Å². The quantitative estimate of drug-likeness (QED) is 0.442. The molecule has 116 valence electrons. The maximum atomic E-state index is 5.82. The Morgan fingerprint density at radius 2 is 2.05 bits per heavy atom. The highest BCUT2D eigenvalue weighted by molar-refractivity contribution is 14.0. The lowest BCUT2D eigenvalue weighted by Crippen LogP contribution is -2.33. The monoisotopic (exact) mass is 393 g/mol. The van der Waals surface area contributed by atoms with Crippen LogP contribution in [0.4, 0.5) is 0 Å². The lowest BCUT2D eigenvalue weighted by molar-refractivity contribution is 0.595. The van der Waals surface area contributed by atoms with E-state index in [2.05, 4.69) is 36.2 Å². The van der Waals surface area contributed by atoms with Gasteiger partial charge in [0.1, 0.15) is 0 Å². The number of nitrogens with one attached hydrogen (secondary N) is 1. The first kappa shape index (κ1) is 19.2. The molecular weight excluding hydrogens is 365 g/mol. The Balaban J connectivity index is 0.00000361. The van der Waals surface area contributed by atoms with Gasteiger partial charge >= 0.3 is 0 Å². The molecule has 0 unspecified atom stereocenters. The van der Waals surface area contributed by atoms with E-state index >= 15 is 0 Å². The van der Waals surface area contributed by atoms with E-state index in [1.165, 1.54) is 11.3 Å². The number of nitrogens with zero attached hydrogens (tertiary/aromatic N) is 3. The normalized spacial score (nSPS) is 11.6. The van der Waals surface area contributed by atoms with Crippen LogP contribution < -0.4 is 11.1 Å². The van der Waals surface area contributed by atoms with Gasteiger partial charge in [-0.2, -0.15) is 5.10 Å². The summed E-state index contributed by atoms with van der Waals surface area (Å²) in [6.45, 7) is 10.1. The van der Waals surface area contributed by atoms with Crippen molar-refractivity contribution in [1.29, 1.82) is 0 Å². The second kappa shape index (κ2) is 9.20. The number of nitrogens with two attached hydrogens (primary N) is 1. The van der Waals surface area contributed by atoms with Crippen molar-refractivity contribution in [3.05, 3.63) is 17.0 Å². The number of hydrogen-bond acceptors (Lipinski definition) is 2. The smallest absolute Gasteiger partial charge is 0.188 e. The maximum Gasteiger partial charge on any atom is 0.188 e. The Morgan fingerprint density at radius 1 is 1.40 bits per heavy atom. The molecule has 0 saturated heterocycles. The van der Waals surface area contributed by atoms with Crippen LogP contribution in [0.5, 0.6) is 0 Å². The van der Waals surface area contributed by atoms with Crippen molar-refractivity contribution in [2.75, 3.05) is 13.1 Å². The molecule has 0 spiro atoms. The second-order valence-corrected chi connectivity index (χ2v) is 5.40. The third kappa shape index (κ3) is 6.11. The first-order chi connectivity index (χ1) is 8.91. The fourth-order valence-corrected chi connectivity index (χ4v) is 1.99. The molecule has 0 atom stereocenters. The third-order valence-corrected chi connectivity index (χ3v) is 3.33. The lowest BCUT2D eigenvalue weighted by atomic mass is 10.1. The lowest BCUT2D eigenvalue weighted by Gasteiger charge is -2.07. The van der Waals surface area contributed by atoms with Crippen molar-refractivity contribution in [3.63, 3.8) is 0 Å². The SMILES string of the molecule is Cc1nn(C)c(C)c1CCNC(N)=NCCC(C)C.I. The van der Waals surface area contributed by atoms with Gasteiger partial charge in [-0.15, -0.1) is 24.0 Å². The van der Waals surface area contributed by atoms with E-state index in [-0.39, 0.29) is 24.0 Å². The first-order valence-electron chi connectivity index (χ1n) is 6.94. The Morgan fingerprint density at radius 3 is 2.55 bits per heavy atom. The Bertz CT molecular complexity index is 437. The van der Waals surface area contributed by atoms with E-state index < -0.39 is 0 Å². The predicted octanol–water partition coefficient (Wildman–Crippen LogP) is 2.15. The zero-order valence-corrected chi connectivity index (χ0v) is 15.6. The average Bonchev–Trinajstić information content (AvgIpc) is 2.55. The molecule has 3 N–H and O–H groups in total. The van der Waals surface area contributed by atoms with E-state index in [0.29, 0.717) is 11.9 Å². The molecule has 0 aromatic carbocycles. The molecule has 0 bridgehead atoms. The van der Waals surface area contributed by atoms with Crippen LogP contribution in [0.3, 0.4) is 0 Å². The molecule has 0 aliphatic heterocycles. The molecule has 1 aromatic rings. The van der Waals surface area contributed by atoms with Gasteiger partial charge < -0.3 is 11.1 Å². The fraction of sp³-hybridized carbons (Fsp3) is 0.714. The van der Waals surface area contributed by atoms with Crippen LogP contribution in [0.15, 0.2) is 4.99 Å². The van der Waals surface area contributed by atoms with E-state index in [9.17, 15) is 0 Å². The van der Waals surface area contributed by atoms with Crippen molar-refractivity contribution in [2.24, 2.45) is 23.7 Å². The van der Waals surface area contributed by atoms with Gasteiger partial charge in [-0.3, -0.25) is 9.67 Å². The molecule has 0 aliphatic rings. The van der Waals surface area contributed by atoms with Crippen molar-refractivity contribution in [1.82, 2.24) is 15.1 Å². The number of aromatic nitrogens is 2. The molecule has 0 radical (unpaired) electrons. The summed E-state index contributed by atoms with van der Waals surface area (Å²) in [6.07, 6.45) is 2.00. The average molecular weight is 393 g/mol. The summed E-state index contributed by atoms with van der Waals surface area (Å²) in [5.74, 6) is 1.21. The van der Waals surface area contributed by atoms with Crippen LogP contribution in [0, 0.1) is 19.8 Å². The van der Waals surface area contributed by atoms with Gasteiger partial charge in [0.15, 0.2) is 5.96 Å². The predicted molar refractivity (Wildman–Crippen MR) is 95.7 cm³/mol. The summed E-state index contributed by atoms with van der Waals surface area (Å²) in [5, 5.41) is 7.56. The highest BCUT2D eigenvalue weighted by Crippen LogP contribution is 2.11. The minimum atomic E-state index is 0. The van der Waals surface area contributed by atoms with Crippen LogP contribution in [0.25, 0.3) is 0 Å². The Hall–Kier alpha value is -0.790. The van der Waals surface area contributed by atoms with Crippen LogP contribution in [-0.4, -0.2) is 28.8 Å². The highest BCUT2D eigenvalue weighted by Gasteiger charge is 2.08. The van der Waals surface area contributed by atoms with E-state index in [1.54, 1.807) is 0 Å². The second-order valence-electron chi connectivity index (χ2n) is 5.40. The number of rotatable bonds is 6. The van der Waals surface area contributed by atoms with Crippen molar-refractivity contribution >= 4 is 29.9 Å². The van der Waals surface area contributed by atoms with Crippen molar-refractivity contribution in [2.45, 2.75) is 40.5 Å². The summed E-state index contributed by atoms with van der Waals surface area (Å²) >= 11 is 0. The van der Waals surface area contributed by atoms with Crippen molar-refractivity contribution in [3.8, 4) is 0 Å². The molecule has 0 aliphatic carbocycles. The maximum absolute atomic E-state index is 5.82. The van der Waals surface area contributed by atoms with Gasteiger partial charge in [-0.1, -0.05) is 13.8 Å². The molecule has 0 fully saturated rings. The number of aryl methyl sites for hydroxylation is 2. The summed E-state index contributed by atoms with van der Waals surface area (Å²) in [6, 6.07) is 0. The third-order valence-electron chi connectivity index (χ3n) is 3.33. The molecule has 0 amide bonds. The topological polar surface area (TPSA) is 68.2 Å². The van der Waals surface area contributed by atoms with Gasteiger partial charge in [-0.05, 0) is 38.2 Å². The molecule has 1 aromatic heterocycles. The molecule has 0 saturated carbocycles. The number of hydrogen-bond donors (Lipinski definition) is 2. The standard InChI is InChI=1S/C14H27N5.HI/c1-10(2)6-8-16-14(15)17-9-7-13-11(3)18-19(5)12(13)4;/h10H,6-9H2,1-5H3,(H3,15,16,17);1H.